The van der Waals surface area contributed by atoms with Crippen LogP contribution in [-0.4, -0.2) is 48.6 Å². The minimum atomic E-state index is -0.287. The number of aromatic nitrogens is 2. The summed E-state index contributed by atoms with van der Waals surface area (Å²) >= 11 is 0. The number of ether oxygens (including phenoxy) is 2. The molecule has 0 saturated heterocycles. The number of urea groups is 1. The van der Waals surface area contributed by atoms with Gasteiger partial charge < -0.3 is 20.1 Å². The molecule has 2 N–H and O–H groups in total. The van der Waals surface area contributed by atoms with E-state index in [1.54, 1.807) is 31.5 Å². The smallest absolute Gasteiger partial charge is 0.319 e. The van der Waals surface area contributed by atoms with Crippen molar-refractivity contribution in [2.45, 2.75) is 45.1 Å². The fourth-order valence-electron chi connectivity index (χ4n) is 4.27. The van der Waals surface area contributed by atoms with Gasteiger partial charge in [0.2, 0.25) is 0 Å². The zero-order chi connectivity index (χ0) is 24.3. The quantitative estimate of drug-likeness (QED) is 0.504. The number of anilines is 1. The van der Waals surface area contributed by atoms with Crippen molar-refractivity contribution >= 4 is 28.5 Å². The molecule has 1 atom stereocenters. The molecule has 0 bridgehead atoms. The molecule has 8 nitrogen and oxygen atoms in total. The van der Waals surface area contributed by atoms with Crippen LogP contribution in [0.2, 0.25) is 0 Å². The fourth-order valence-corrected chi connectivity index (χ4v) is 4.27. The molecule has 1 aromatic heterocycles. The predicted octanol–water partition coefficient (Wildman–Crippen LogP) is 4.45. The molecule has 3 aromatic rings. The molecule has 8 heteroatoms. The maximum atomic E-state index is 12.8. The van der Waals surface area contributed by atoms with Gasteiger partial charge in [-0.15, -0.1) is 0 Å². The summed E-state index contributed by atoms with van der Waals surface area (Å²) in [6.07, 6.45) is 3.40. The Morgan fingerprint density at radius 3 is 2.76 bits per heavy atom. The standard InChI is InChI=1S/C26H32N4O4/c1-26(2,3)18-9-10-19-17(14-18)8-11-22(19)29-25(32)28-21-6-5-7-23-20(21)15-27-30(23)24(31)16-34-13-12-33-4/h5-7,9-10,14-15,22H,8,11-13,16H2,1-4H3,(H2,28,29,32). The number of fused-ring (bicyclic) bond motifs is 2. The number of hydrogen-bond donors (Lipinski definition) is 2. The number of amides is 2. The Morgan fingerprint density at radius 2 is 2.00 bits per heavy atom. The lowest BCUT2D eigenvalue weighted by atomic mass is 9.85. The van der Waals surface area contributed by atoms with Gasteiger partial charge in [0.05, 0.1) is 36.7 Å². The van der Waals surface area contributed by atoms with Gasteiger partial charge >= 0.3 is 6.03 Å². The van der Waals surface area contributed by atoms with Crippen LogP contribution in [0.15, 0.2) is 42.6 Å². The van der Waals surface area contributed by atoms with Gasteiger partial charge in [0.1, 0.15) is 6.61 Å². The summed E-state index contributed by atoms with van der Waals surface area (Å²) in [7, 11) is 1.57. The Bertz CT molecular complexity index is 1200. The van der Waals surface area contributed by atoms with Crippen LogP contribution < -0.4 is 10.6 Å². The van der Waals surface area contributed by atoms with Crippen molar-refractivity contribution in [3.8, 4) is 0 Å². The molecule has 2 amide bonds. The van der Waals surface area contributed by atoms with E-state index in [0.717, 1.165) is 12.8 Å². The maximum Gasteiger partial charge on any atom is 0.319 e. The first-order valence-electron chi connectivity index (χ1n) is 11.6. The van der Waals surface area contributed by atoms with Crippen LogP contribution in [0.5, 0.6) is 0 Å². The summed E-state index contributed by atoms with van der Waals surface area (Å²) in [5.41, 5.74) is 5.08. The van der Waals surface area contributed by atoms with Crippen molar-refractivity contribution in [2.24, 2.45) is 0 Å². The first-order chi connectivity index (χ1) is 16.3. The van der Waals surface area contributed by atoms with E-state index < -0.39 is 0 Å². The lowest BCUT2D eigenvalue weighted by Crippen LogP contribution is -2.31. The number of benzene rings is 2. The Kier molecular flexibility index (Phi) is 7.00. The number of aryl methyl sites for hydroxylation is 1. The average molecular weight is 465 g/mol. The molecule has 0 aliphatic heterocycles. The van der Waals surface area contributed by atoms with Gasteiger partial charge in [-0.2, -0.15) is 9.78 Å². The number of hydrogen-bond acceptors (Lipinski definition) is 5. The Balaban J connectivity index is 1.43. The SMILES string of the molecule is COCCOCC(=O)n1ncc2c(NC(=O)NC3CCc4cc(C(C)(C)C)ccc43)cccc21. The van der Waals surface area contributed by atoms with E-state index in [-0.39, 0.29) is 30.0 Å². The molecular formula is C26H32N4O4. The van der Waals surface area contributed by atoms with Gasteiger partial charge in [0.25, 0.3) is 5.91 Å². The van der Waals surface area contributed by atoms with Crippen LogP contribution in [-0.2, 0) is 21.3 Å². The third kappa shape index (κ3) is 5.13. The zero-order valence-corrected chi connectivity index (χ0v) is 20.2. The highest BCUT2D eigenvalue weighted by Crippen LogP contribution is 2.34. The number of rotatable bonds is 7. The van der Waals surface area contributed by atoms with Gasteiger partial charge in [0.15, 0.2) is 0 Å². The van der Waals surface area contributed by atoms with Gasteiger partial charge in [-0.1, -0.05) is 45.0 Å². The summed E-state index contributed by atoms with van der Waals surface area (Å²) in [6.45, 7) is 7.26. The van der Waals surface area contributed by atoms with E-state index in [0.29, 0.717) is 29.8 Å². The van der Waals surface area contributed by atoms with Crippen molar-refractivity contribution in [3.05, 3.63) is 59.3 Å². The molecule has 0 spiro atoms. The Morgan fingerprint density at radius 1 is 1.18 bits per heavy atom. The number of nitrogens with one attached hydrogen (secondary N) is 2. The lowest BCUT2D eigenvalue weighted by Gasteiger charge is -2.21. The first kappa shape index (κ1) is 23.9. The number of carbonyl (C=O) groups excluding carboxylic acids is 2. The average Bonchev–Trinajstić information content (AvgIpc) is 3.41. The third-order valence-electron chi connectivity index (χ3n) is 6.15. The molecule has 2 aromatic carbocycles. The van der Waals surface area contributed by atoms with Crippen molar-refractivity contribution in [3.63, 3.8) is 0 Å². The second-order valence-corrected chi connectivity index (χ2v) is 9.59. The summed E-state index contributed by atoms with van der Waals surface area (Å²) < 4.78 is 11.5. The predicted molar refractivity (Wildman–Crippen MR) is 131 cm³/mol. The summed E-state index contributed by atoms with van der Waals surface area (Å²) in [5.74, 6) is -0.287. The van der Waals surface area contributed by atoms with Gasteiger partial charge in [-0.25, -0.2) is 4.79 Å². The molecule has 180 valence electrons. The second-order valence-electron chi connectivity index (χ2n) is 9.59. The van der Waals surface area contributed by atoms with E-state index in [9.17, 15) is 9.59 Å². The van der Waals surface area contributed by atoms with E-state index in [1.165, 1.54) is 21.4 Å². The minimum absolute atomic E-state index is 0.0308. The zero-order valence-electron chi connectivity index (χ0n) is 20.2. The normalized spacial score (nSPS) is 15.4. The molecule has 1 unspecified atom stereocenters. The highest BCUT2D eigenvalue weighted by atomic mass is 16.5. The van der Waals surface area contributed by atoms with Crippen LogP contribution in [0, 0.1) is 0 Å². The number of methoxy groups -OCH3 is 1. The van der Waals surface area contributed by atoms with E-state index in [1.807, 2.05) is 0 Å². The van der Waals surface area contributed by atoms with Crippen LogP contribution in [0.25, 0.3) is 10.9 Å². The number of carbonyl (C=O) groups is 2. The van der Waals surface area contributed by atoms with E-state index in [2.05, 4.69) is 54.7 Å². The van der Waals surface area contributed by atoms with Crippen LogP contribution in [0.1, 0.15) is 54.7 Å². The van der Waals surface area contributed by atoms with Gasteiger partial charge in [0, 0.05) is 12.5 Å². The molecule has 0 saturated carbocycles. The molecular weight excluding hydrogens is 432 g/mol. The summed E-state index contributed by atoms with van der Waals surface area (Å²) in [6, 6.07) is 11.6. The van der Waals surface area contributed by atoms with E-state index in [4.69, 9.17) is 9.47 Å². The number of nitrogens with zero attached hydrogens (tertiary/aromatic N) is 2. The first-order valence-corrected chi connectivity index (χ1v) is 11.6. The maximum absolute atomic E-state index is 12.8. The molecule has 1 aliphatic carbocycles. The van der Waals surface area contributed by atoms with Crippen molar-refractivity contribution in [2.75, 3.05) is 32.2 Å². The second kappa shape index (κ2) is 9.95. The molecule has 1 heterocycles. The Labute approximate surface area is 199 Å². The lowest BCUT2D eigenvalue weighted by molar-refractivity contribution is 0.0508. The summed E-state index contributed by atoms with van der Waals surface area (Å²) in [4.78, 5) is 25.3. The van der Waals surface area contributed by atoms with Gasteiger partial charge in [-0.05, 0) is 47.1 Å². The molecule has 34 heavy (non-hydrogen) atoms. The monoisotopic (exact) mass is 464 g/mol. The van der Waals surface area contributed by atoms with Gasteiger partial charge in [-0.3, -0.25) is 4.79 Å². The van der Waals surface area contributed by atoms with Crippen LogP contribution in [0.4, 0.5) is 10.5 Å². The van der Waals surface area contributed by atoms with Crippen molar-refractivity contribution < 1.29 is 19.1 Å². The van der Waals surface area contributed by atoms with Crippen molar-refractivity contribution in [1.82, 2.24) is 15.1 Å². The van der Waals surface area contributed by atoms with Crippen LogP contribution >= 0.6 is 0 Å². The Hall–Kier alpha value is -3.23. The summed E-state index contributed by atoms with van der Waals surface area (Å²) in [5, 5.41) is 10.9. The topological polar surface area (TPSA) is 94.5 Å². The van der Waals surface area contributed by atoms with Crippen LogP contribution in [0.3, 0.4) is 0 Å². The third-order valence-corrected chi connectivity index (χ3v) is 6.15. The van der Waals surface area contributed by atoms with Crippen molar-refractivity contribution in [1.29, 1.82) is 0 Å². The molecule has 0 radical (unpaired) electrons. The largest absolute Gasteiger partial charge is 0.382 e. The fraction of sp³-hybridized carbons (Fsp3) is 0.423. The highest BCUT2D eigenvalue weighted by molar-refractivity contribution is 6.03. The minimum Gasteiger partial charge on any atom is -0.382 e. The molecule has 0 fully saturated rings. The molecule has 1 aliphatic rings. The molecule has 4 rings (SSSR count). The van der Waals surface area contributed by atoms with E-state index >= 15 is 0 Å². The highest BCUT2D eigenvalue weighted by Gasteiger charge is 2.26.